The predicted molar refractivity (Wildman–Crippen MR) is 126 cm³/mol. The summed E-state index contributed by atoms with van der Waals surface area (Å²) in [7, 11) is 3.56. The van der Waals surface area contributed by atoms with E-state index in [0.29, 0.717) is 23.4 Å². The molecule has 0 radical (unpaired) electrons. The number of carbonyl (C=O) groups is 1. The Morgan fingerprint density at radius 1 is 1.12 bits per heavy atom. The topological polar surface area (TPSA) is 102 Å². The fourth-order valence-electron chi connectivity index (χ4n) is 4.75. The minimum Gasteiger partial charge on any atom is -0.368 e. The minimum absolute atomic E-state index is 0.0235. The lowest BCUT2D eigenvalue weighted by Crippen LogP contribution is -2.43. The van der Waals surface area contributed by atoms with Gasteiger partial charge in [0.05, 0.1) is 29.1 Å². The van der Waals surface area contributed by atoms with Crippen molar-refractivity contribution >= 4 is 34.4 Å². The van der Waals surface area contributed by atoms with Gasteiger partial charge in [0.2, 0.25) is 5.95 Å². The Hall–Kier alpha value is -3.20. The summed E-state index contributed by atoms with van der Waals surface area (Å²) in [4.78, 5) is 33.9. The number of hydrogen-bond acceptors (Lipinski definition) is 7. The maximum absolute atomic E-state index is 12.8. The van der Waals surface area contributed by atoms with Crippen LogP contribution in [-0.4, -0.2) is 71.0 Å². The van der Waals surface area contributed by atoms with Crippen molar-refractivity contribution in [3.63, 3.8) is 0 Å². The maximum atomic E-state index is 12.8. The van der Waals surface area contributed by atoms with Gasteiger partial charge in [-0.3, -0.25) is 4.79 Å². The Morgan fingerprint density at radius 3 is 2.59 bits per heavy atom. The summed E-state index contributed by atoms with van der Waals surface area (Å²) in [6.07, 6.45) is 8.19. The van der Waals surface area contributed by atoms with Crippen molar-refractivity contribution in [2.75, 3.05) is 50.5 Å². The van der Waals surface area contributed by atoms with Crippen molar-refractivity contribution in [3.8, 4) is 0 Å². The minimum atomic E-state index is -0.0235. The molecule has 1 aliphatic carbocycles. The van der Waals surface area contributed by atoms with Crippen molar-refractivity contribution < 1.29 is 4.79 Å². The standard InChI is InChI=1S/C23H30N8O/c1-30(2)22(32)21-19(15-5-3-4-6-15)20-17(27-21)14-26-23(29-20)28-18-8-7-16(13-25-18)31-11-9-24-10-12-31/h7-8,13-15,24,27H,3-6,9-12H2,1-2H3,(H,25,26,28,29). The largest absolute Gasteiger partial charge is 0.368 e. The number of anilines is 3. The lowest BCUT2D eigenvalue weighted by atomic mass is 9.96. The number of aromatic amines is 1. The van der Waals surface area contributed by atoms with E-state index in [9.17, 15) is 4.79 Å². The molecule has 2 fully saturated rings. The lowest BCUT2D eigenvalue weighted by molar-refractivity contribution is 0.0821. The number of nitrogens with zero attached hydrogens (tertiary/aromatic N) is 5. The number of carbonyl (C=O) groups excluding carboxylic acids is 1. The predicted octanol–water partition coefficient (Wildman–Crippen LogP) is 2.87. The molecule has 5 rings (SSSR count). The summed E-state index contributed by atoms with van der Waals surface area (Å²) in [6, 6.07) is 4.04. The molecular weight excluding hydrogens is 404 g/mol. The van der Waals surface area contributed by atoms with Gasteiger partial charge in [-0.2, -0.15) is 0 Å². The van der Waals surface area contributed by atoms with Crippen molar-refractivity contribution in [1.29, 1.82) is 0 Å². The molecule has 2 aliphatic rings. The van der Waals surface area contributed by atoms with E-state index in [0.717, 1.165) is 61.3 Å². The van der Waals surface area contributed by atoms with Gasteiger partial charge in [-0.25, -0.2) is 15.0 Å². The second-order valence-electron chi connectivity index (χ2n) is 8.81. The Labute approximate surface area is 187 Å². The molecule has 0 unspecified atom stereocenters. The Morgan fingerprint density at radius 2 is 1.91 bits per heavy atom. The first-order valence-corrected chi connectivity index (χ1v) is 11.4. The molecule has 1 saturated heterocycles. The fraction of sp³-hybridized carbons (Fsp3) is 0.478. The summed E-state index contributed by atoms with van der Waals surface area (Å²) in [5.41, 5.74) is 4.42. The van der Waals surface area contributed by atoms with E-state index in [2.05, 4.69) is 36.6 Å². The molecule has 0 bridgehead atoms. The molecule has 1 amide bonds. The van der Waals surface area contributed by atoms with Crippen LogP contribution in [0.15, 0.2) is 24.5 Å². The van der Waals surface area contributed by atoms with Crippen LogP contribution in [-0.2, 0) is 0 Å². The Kier molecular flexibility index (Phi) is 5.65. The summed E-state index contributed by atoms with van der Waals surface area (Å²) in [5, 5.41) is 6.60. The number of fused-ring (bicyclic) bond motifs is 1. The summed E-state index contributed by atoms with van der Waals surface area (Å²) in [6.45, 7) is 3.96. The zero-order valence-corrected chi connectivity index (χ0v) is 18.7. The average Bonchev–Trinajstić information content (AvgIpc) is 3.47. The average molecular weight is 435 g/mol. The van der Waals surface area contributed by atoms with Gasteiger partial charge in [-0.15, -0.1) is 0 Å². The first-order chi connectivity index (χ1) is 15.6. The number of hydrogen-bond donors (Lipinski definition) is 3. The highest BCUT2D eigenvalue weighted by Gasteiger charge is 2.29. The number of nitrogens with one attached hydrogen (secondary N) is 3. The molecule has 0 atom stereocenters. The first kappa shape index (κ1) is 20.7. The third kappa shape index (κ3) is 4.00. The van der Waals surface area contributed by atoms with Gasteiger partial charge < -0.3 is 25.4 Å². The Balaban J connectivity index is 1.43. The highest BCUT2D eigenvalue weighted by Crippen LogP contribution is 2.39. The van der Waals surface area contributed by atoms with E-state index < -0.39 is 0 Å². The highest BCUT2D eigenvalue weighted by molar-refractivity contribution is 6.00. The number of aromatic nitrogens is 4. The normalized spacial score (nSPS) is 17.1. The number of H-pyrrole nitrogens is 1. The molecule has 32 heavy (non-hydrogen) atoms. The molecule has 9 heteroatoms. The van der Waals surface area contributed by atoms with Crippen LogP contribution < -0.4 is 15.5 Å². The van der Waals surface area contributed by atoms with Crippen LogP contribution >= 0.6 is 0 Å². The SMILES string of the molecule is CN(C)C(=O)c1[nH]c2cnc(Nc3ccc(N4CCNCC4)cn3)nc2c1C1CCCC1. The second-order valence-corrected chi connectivity index (χ2v) is 8.81. The maximum Gasteiger partial charge on any atom is 0.270 e. The van der Waals surface area contributed by atoms with Crippen LogP contribution in [0.5, 0.6) is 0 Å². The molecule has 1 aliphatic heterocycles. The van der Waals surface area contributed by atoms with E-state index in [1.165, 1.54) is 12.8 Å². The molecule has 168 valence electrons. The van der Waals surface area contributed by atoms with Crippen LogP contribution in [0.2, 0.25) is 0 Å². The van der Waals surface area contributed by atoms with Gasteiger partial charge in [-0.05, 0) is 30.9 Å². The fourth-order valence-corrected chi connectivity index (χ4v) is 4.75. The third-order valence-electron chi connectivity index (χ3n) is 6.43. The molecule has 0 spiro atoms. The van der Waals surface area contributed by atoms with Crippen LogP contribution in [0.25, 0.3) is 11.0 Å². The third-order valence-corrected chi connectivity index (χ3v) is 6.43. The van der Waals surface area contributed by atoms with Crippen LogP contribution in [0.3, 0.4) is 0 Å². The molecular formula is C23H30N8O. The monoisotopic (exact) mass is 434 g/mol. The van der Waals surface area contributed by atoms with E-state index in [1.54, 1.807) is 25.2 Å². The molecule has 3 N–H and O–H groups in total. The number of pyridine rings is 1. The van der Waals surface area contributed by atoms with Crippen molar-refractivity contribution in [1.82, 2.24) is 30.2 Å². The van der Waals surface area contributed by atoms with E-state index >= 15 is 0 Å². The summed E-state index contributed by atoms with van der Waals surface area (Å²) >= 11 is 0. The van der Waals surface area contributed by atoms with Gasteiger partial charge in [-0.1, -0.05) is 12.8 Å². The molecule has 4 heterocycles. The zero-order valence-electron chi connectivity index (χ0n) is 18.7. The highest BCUT2D eigenvalue weighted by atomic mass is 16.2. The summed E-state index contributed by atoms with van der Waals surface area (Å²) < 4.78 is 0. The zero-order chi connectivity index (χ0) is 22.1. The van der Waals surface area contributed by atoms with Gasteiger partial charge in [0.1, 0.15) is 11.5 Å². The molecule has 9 nitrogen and oxygen atoms in total. The van der Waals surface area contributed by atoms with Crippen LogP contribution in [0, 0.1) is 0 Å². The number of rotatable bonds is 5. The van der Waals surface area contributed by atoms with Gasteiger partial charge >= 0.3 is 0 Å². The van der Waals surface area contributed by atoms with Gasteiger partial charge in [0, 0.05) is 45.8 Å². The lowest BCUT2D eigenvalue weighted by Gasteiger charge is -2.29. The van der Waals surface area contributed by atoms with Gasteiger partial charge in [0.15, 0.2) is 0 Å². The quantitative estimate of drug-likeness (QED) is 0.567. The smallest absolute Gasteiger partial charge is 0.270 e. The molecule has 3 aromatic heterocycles. The number of amides is 1. The van der Waals surface area contributed by atoms with Crippen LogP contribution in [0.1, 0.15) is 47.7 Å². The summed E-state index contributed by atoms with van der Waals surface area (Å²) in [5.74, 6) is 1.51. The Bertz CT molecular complexity index is 1100. The van der Waals surface area contributed by atoms with Crippen molar-refractivity contribution in [2.45, 2.75) is 31.6 Å². The van der Waals surface area contributed by atoms with Crippen molar-refractivity contribution in [3.05, 3.63) is 35.8 Å². The van der Waals surface area contributed by atoms with Crippen LogP contribution in [0.4, 0.5) is 17.5 Å². The van der Waals surface area contributed by atoms with E-state index in [-0.39, 0.29) is 5.91 Å². The number of piperazine rings is 1. The second kappa shape index (κ2) is 8.74. The molecule has 3 aromatic rings. The molecule has 0 aromatic carbocycles. The van der Waals surface area contributed by atoms with Crippen molar-refractivity contribution in [2.24, 2.45) is 0 Å². The van der Waals surface area contributed by atoms with E-state index in [1.807, 2.05) is 12.3 Å². The van der Waals surface area contributed by atoms with Gasteiger partial charge in [0.25, 0.3) is 5.91 Å². The van der Waals surface area contributed by atoms with E-state index in [4.69, 9.17) is 4.98 Å². The molecule has 1 saturated carbocycles. The first-order valence-electron chi connectivity index (χ1n) is 11.4.